The van der Waals surface area contributed by atoms with Gasteiger partial charge in [0.15, 0.2) is 0 Å². The zero-order chi connectivity index (χ0) is 12.3. The molecule has 1 aromatic rings. The first-order valence-electron chi connectivity index (χ1n) is 5.18. The minimum atomic E-state index is -0.434. The van der Waals surface area contributed by atoms with Crippen LogP contribution in [0.25, 0.3) is 0 Å². The molecule has 1 saturated heterocycles. The van der Waals surface area contributed by atoms with Crippen molar-refractivity contribution in [1.82, 2.24) is 0 Å². The van der Waals surface area contributed by atoms with E-state index in [-0.39, 0.29) is 12.7 Å². The average molecular weight is 236 g/mol. The molecule has 0 aromatic heterocycles. The van der Waals surface area contributed by atoms with Crippen LogP contribution in [0.4, 0.5) is 0 Å². The molecule has 5 heteroatoms. The predicted octanol–water partition coefficient (Wildman–Crippen LogP) is 1.03. The van der Waals surface area contributed by atoms with Crippen molar-refractivity contribution in [3.63, 3.8) is 0 Å². The Morgan fingerprint density at radius 2 is 1.76 bits per heavy atom. The van der Waals surface area contributed by atoms with Crippen molar-refractivity contribution < 1.29 is 23.8 Å². The van der Waals surface area contributed by atoms with E-state index in [1.165, 1.54) is 31.4 Å². The molecule has 1 aliphatic heterocycles. The van der Waals surface area contributed by atoms with Crippen LogP contribution < -0.4 is 0 Å². The van der Waals surface area contributed by atoms with Gasteiger partial charge in [-0.25, -0.2) is 9.59 Å². The molecule has 90 valence electrons. The van der Waals surface area contributed by atoms with Gasteiger partial charge in [-0.15, -0.1) is 0 Å². The Hall–Kier alpha value is -1.88. The molecule has 17 heavy (non-hydrogen) atoms. The van der Waals surface area contributed by atoms with Crippen LogP contribution in [0.15, 0.2) is 24.3 Å². The van der Waals surface area contributed by atoms with Crippen molar-refractivity contribution in [3.8, 4) is 0 Å². The summed E-state index contributed by atoms with van der Waals surface area (Å²) < 4.78 is 14.5. The molecule has 0 amide bonds. The summed E-state index contributed by atoms with van der Waals surface area (Å²) in [5.41, 5.74) is 0.799. The largest absolute Gasteiger partial charge is 0.465 e. The number of hydrogen-bond acceptors (Lipinski definition) is 5. The quantitative estimate of drug-likeness (QED) is 0.577. The van der Waals surface area contributed by atoms with Crippen LogP contribution in [-0.2, 0) is 14.2 Å². The lowest BCUT2D eigenvalue weighted by molar-refractivity contribution is 0.0475. The van der Waals surface area contributed by atoms with Crippen LogP contribution in [0.3, 0.4) is 0 Å². The Morgan fingerprint density at radius 1 is 1.24 bits per heavy atom. The second-order valence-corrected chi connectivity index (χ2v) is 3.62. The smallest absolute Gasteiger partial charge is 0.338 e. The van der Waals surface area contributed by atoms with E-state index in [0.29, 0.717) is 17.7 Å². The molecule has 0 N–H and O–H groups in total. The summed E-state index contributed by atoms with van der Waals surface area (Å²) in [5.74, 6) is -0.854. The standard InChI is InChI=1S/C12H12O5/c1-15-11(13)8-2-4-9(5-3-8)12(14)17-7-10-6-16-10/h2-5,10H,6-7H2,1H3. The van der Waals surface area contributed by atoms with Crippen molar-refractivity contribution in [2.45, 2.75) is 6.10 Å². The highest BCUT2D eigenvalue weighted by molar-refractivity contribution is 5.93. The van der Waals surface area contributed by atoms with E-state index >= 15 is 0 Å². The molecule has 1 fully saturated rings. The third kappa shape index (κ3) is 3.04. The molecule has 1 unspecified atom stereocenters. The molecule has 1 heterocycles. The molecule has 1 aromatic carbocycles. The van der Waals surface area contributed by atoms with Crippen LogP contribution in [-0.4, -0.2) is 38.4 Å². The molecule has 0 saturated carbocycles. The molecular weight excluding hydrogens is 224 g/mol. The number of esters is 2. The number of carbonyl (C=O) groups excluding carboxylic acids is 2. The number of rotatable bonds is 4. The fraction of sp³-hybridized carbons (Fsp3) is 0.333. The van der Waals surface area contributed by atoms with E-state index in [2.05, 4.69) is 4.74 Å². The summed E-state index contributed by atoms with van der Waals surface area (Å²) in [7, 11) is 1.31. The summed E-state index contributed by atoms with van der Waals surface area (Å²) in [6.07, 6.45) is 0.0493. The number of benzene rings is 1. The Labute approximate surface area is 98.3 Å². The highest BCUT2D eigenvalue weighted by Gasteiger charge is 2.24. The molecule has 0 aliphatic carbocycles. The van der Waals surface area contributed by atoms with Crippen LogP contribution >= 0.6 is 0 Å². The summed E-state index contributed by atoms with van der Waals surface area (Å²) in [4.78, 5) is 22.7. The number of epoxide rings is 1. The topological polar surface area (TPSA) is 65.1 Å². The van der Waals surface area contributed by atoms with Crippen molar-refractivity contribution >= 4 is 11.9 Å². The molecule has 0 spiro atoms. The number of carbonyl (C=O) groups is 2. The van der Waals surface area contributed by atoms with Gasteiger partial charge in [-0.05, 0) is 24.3 Å². The SMILES string of the molecule is COC(=O)c1ccc(C(=O)OCC2CO2)cc1. The lowest BCUT2D eigenvalue weighted by atomic mass is 10.1. The molecule has 1 aliphatic rings. The van der Waals surface area contributed by atoms with Gasteiger partial charge in [-0.3, -0.25) is 0 Å². The van der Waals surface area contributed by atoms with Gasteiger partial charge in [-0.1, -0.05) is 0 Å². The lowest BCUT2D eigenvalue weighted by Gasteiger charge is -2.03. The third-order valence-electron chi connectivity index (χ3n) is 2.34. The van der Waals surface area contributed by atoms with Gasteiger partial charge in [0, 0.05) is 0 Å². The molecule has 0 radical (unpaired) electrons. The molecule has 0 bridgehead atoms. The van der Waals surface area contributed by atoms with Crippen molar-refractivity contribution in [1.29, 1.82) is 0 Å². The molecular formula is C12H12O5. The first kappa shape index (κ1) is 11.6. The van der Waals surface area contributed by atoms with E-state index < -0.39 is 11.9 Å². The number of ether oxygens (including phenoxy) is 3. The summed E-state index contributed by atoms with van der Waals surface area (Å²) in [6, 6.07) is 6.11. The van der Waals surface area contributed by atoms with Gasteiger partial charge < -0.3 is 14.2 Å². The van der Waals surface area contributed by atoms with Gasteiger partial charge in [-0.2, -0.15) is 0 Å². The van der Waals surface area contributed by atoms with Crippen molar-refractivity contribution in [2.24, 2.45) is 0 Å². The maximum Gasteiger partial charge on any atom is 0.338 e. The second kappa shape index (κ2) is 4.97. The van der Waals surface area contributed by atoms with E-state index in [1.54, 1.807) is 0 Å². The first-order chi connectivity index (χ1) is 8.20. The van der Waals surface area contributed by atoms with E-state index in [0.717, 1.165) is 0 Å². The average Bonchev–Trinajstić information content (AvgIpc) is 3.19. The van der Waals surface area contributed by atoms with Crippen molar-refractivity contribution in [2.75, 3.05) is 20.3 Å². The van der Waals surface area contributed by atoms with Gasteiger partial charge in [0.1, 0.15) is 12.7 Å². The highest BCUT2D eigenvalue weighted by Crippen LogP contribution is 2.11. The van der Waals surface area contributed by atoms with Crippen LogP contribution in [0, 0.1) is 0 Å². The highest BCUT2D eigenvalue weighted by atomic mass is 16.6. The maximum atomic E-state index is 11.5. The monoisotopic (exact) mass is 236 g/mol. The van der Waals surface area contributed by atoms with E-state index in [4.69, 9.17) is 9.47 Å². The summed E-state index contributed by atoms with van der Waals surface area (Å²) in [5, 5.41) is 0. The number of hydrogen-bond donors (Lipinski definition) is 0. The fourth-order valence-electron chi connectivity index (χ4n) is 1.28. The lowest BCUT2D eigenvalue weighted by Crippen LogP contribution is -2.10. The Balaban J connectivity index is 1.95. The minimum absolute atomic E-state index is 0.0493. The van der Waals surface area contributed by atoms with E-state index in [9.17, 15) is 9.59 Å². The molecule has 5 nitrogen and oxygen atoms in total. The van der Waals surface area contributed by atoms with Crippen molar-refractivity contribution in [3.05, 3.63) is 35.4 Å². The van der Waals surface area contributed by atoms with Crippen LogP contribution in [0.5, 0.6) is 0 Å². The Bertz CT molecular complexity index is 419. The third-order valence-corrected chi connectivity index (χ3v) is 2.34. The van der Waals surface area contributed by atoms with Gasteiger partial charge >= 0.3 is 11.9 Å². The molecule has 1 atom stereocenters. The predicted molar refractivity (Wildman–Crippen MR) is 57.8 cm³/mol. The first-order valence-corrected chi connectivity index (χ1v) is 5.18. The zero-order valence-electron chi connectivity index (χ0n) is 9.34. The van der Waals surface area contributed by atoms with Gasteiger partial charge in [0.25, 0.3) is 0 Å². The fourth-order valence-corrected chi connectivity index (χ4v) is 1.28. The minimum Gasteiger partial charge on any atom is -0.465 e. The normalized spacial score (nSPS) is 17.4. The van der Waals surface area contributed by atoms with Gasteiger partial charge in [0.2, 0.25) is 0 Å². The van der Waals surface area contributed by atoms with Crippen LogP contribution in [0.1, 0.15) is 20.7 Å². The Kier molecular flexibility index (Phi) is 3.39. The van der Waals surface area contributed by atoms with Gasteiger partial charge in [0.05, 0.1) is 24.8 Å². The van der Waals surface area contributed by atoms with E-state index in [1.807, 2.05) is 0 Å². The summed E-state index contributed by atoms with van der Waals surface area (Å²) >= 11 is 0. The zero-order valence-corrected chi connectivity index (χ0v) is 9.34. The molecule has 2 rings (SSSR count). The number of methoxy groups -OCH3 is 1. The van der Waals surface area contributed by atoms with Crippen LogP contribution in [0.2, 0.25) is 0 Å². The summed E-state index contributed by atoms with van der Waals surface area (Å²) in [6.45, 7) is 0.923. The Morgan fingerprint density at radius 3 is 2.24 bits per heavy atom. The second-order valence-electron chi connectivity index (χ2n) is 3.62. The maximum absolute atomic E-state index is 11.5.